The molecule has 2 atom stereocenters. The Kier molecular flexibility index (Phi) is 4.62. The van der Waals surface area contributed by atoms with Crippen molar-refractivity contribution in [2.45, 2.75) is 18.6 Å². The van der Waals surface area contributed by atoms with Gasteiger partial charge in [-0.25, -0.2) is 9.78 Å². The van der Waals surface area contributed by atoms with Crippen LogP contribution in [0.3, 0.4) is 0 Å². The van der Waals surface area contributed by atoms with Crippen LogP contribution >= 0.6 is 15.9 Å². The second-order valence-electron chi connectivity index (χ2n) is 5.29. The molecule has 1 aliphatic heterocycles. The van der Waals surface area contributed by atoms with Gasteiger partial charge in [0.2, 0.25) is 0 Å². The Morgan fingerprint density at radius 1 is 1.60 bits per heavy atom. The Labute approximate surface area is 126 Å². The molecule has 2 N–H and O–H groups in total. The molecule has 0 aromatic carbocycles. The van der Waals surface area contributed by atoms with Gasteiger partial charge in [0.15, 0.2) is 0 Å². The highest BCUT2D eigenvalue weighted by Gasteiger charge is 2.34. The molecule has 0 bridgehead atoms. The Bertz CT molecular complexity index is 510. The van der Waals surface area contributed by atoms with Crippen molar-refractivity contribution in [3.05, 3.63) is 22.3 Å². The lowest BCUT2D eigenvalue weighted by atomic mass is 10.2. The van der Waals surface area contributed by atoms with Crippen LogP contribution in [0.1, 0.15) is 16.8 Å². The Morgan fingerprint density at radius 2 is 2.30 bits per heavy atom. The van der Waals surface area contributed by atoms with Crippen LogP contribution in [0.25, 0.3) is 0 Å². The summed E-state index contributed by atoms with van der Waals surface area (Å²) in [4.78, 5) is 19.5. The van der Waals surface area contributed by atoms with E-state index in [1.54, 1.807) is 12.3 Å². The van der Waals surface area contributed by atoms with E-state index in [1.165, 1.54) is 0 Å². The van der Waals surface area contributed by atoms with Crippen molar-refractivity contribution in [1.29, 1.82) is 0 Å². The molecule has 6 nitrogen and oxygen atoms in total. The molecule has 110 valence electrons. The van der Waals surface area contributed by atoms with Gasteiger partial charge in [0.25, 0.3) is 0 Å². The maximum absolute atomic E-state index is 11.4. The predicted octanol–water partition coefficient (Wildman–Crippen LogP) is 1.04. The molecule has 2 heterocycles. The second kappa shape index (κ2) is 6.07. The second-order valence-corrected chi connectivity index (χ2v) is 6.20. The number of halogens is 1. The molecule has 0 radical (unpaired) electrons. The number of aliphatic hydroxyl groups excluding tert-OH is 1. The number of aromatic nitrogens is 1. The number of β-amino-alcohol motifs (C(OH)–C–C–N with tert-alkyl or cyclic N) is 1. The van der Waals surface area contributed by atoms with Gasteiger partial charge in [-0.2, -0.15) is 0 Å². The summed E-state index contributed by atoms with van der Waals surface area (Å²) in [6.07, 6.45) is 1.75. The van der Waals surface area contributed by atoms with E-state index in [4.69, 9.17) is 0 Å². The molecule has 20 heavy (non-hydrogen) atoms. The van der Waals surface area contributed by atoms with E-state index in [2.05, 4.69) is 20.9 Å². The number of hydrogen-bond acceptors (Lipinski definition) is 5. The van der Waals surface area contributed by atoms with Crippen molar-refractivity contribution < 1.29 is 15.0 Å². The topological polar surface area (TPSA) is 76.9 Å². The summed E-state index contributed by atoms with van der Waals surface area (Å²) in [5.41, 5.74) is 0.150. The van der Waals surface area contributed by atoms with E-state index in [0.717, 1.165) is 6.54 Å². The normalized spacial score (nSPS) is 22.6. The minimum absolute atomic E-state index is 0.0618. The van der Waals surface area contributed by atoms with E-state index >= 15 is 0 Å². The lowest BCUT2D eigenvalue weighted by Gasteiger charge is -2.28. The van der Waals surface area contributed by atoms with Crippen molar-refractivity contribution >= 4 is 27.7 Å². The SMILES string of the molecule is CN(C)CC1CC(O)CN1c1ncc(Br)cc1C(=O)O. The minimum Gasteiger partial charge on any atom is -0.478 e. The van der Waals surface area contributed by atoms with Crippen molar-refractivity contribution in [3.63, 3.8) is 0 Å². The standard InChI is InChI=1S/C13H18BrN3O3/c1-16(2)6-9-4-10(18)7-17(9)12-11(13(19)20)3-8(14)5-15-12/h3,5,9-10,18H,4,6-7H2,1-2H3,(H,19,20). The van der Waals surface area contributed by atoms with Crippen LogP contribution in [0.5, 0.6) is 0 Å². The Balaban J connectivity index is 2.36. The van der Waals surface area contributed by atoms with E-state index < -0.39 is 12.1 Å². The highest BCUT2D eigenvalue weighted by Crippen LogP contribution is 2.29. The fraction of sp³-hybridized carbons (Fsp3) is 0.538. The van der Waals surface area contributed by atoms with E-state index in [0.29, 0.717) is 23.3 Å². The highest BCUT2D eigenvalue weighted by atomic mass is 79.9. The highest BCUT2D eigenvalue weighted by molar-refractivity contribution is 9.10. The Morgan fingerprint density at radius 3 is 2.90 bits per heavy atom. The molecule has 7 heteroatoms. The third kappa shape index (κ3) is 3.28. The molecule has 1 fully saturated rings. The molecule has 1 aromatic heterocycles. The number of carboxylic acids is 1. The van der Waals surface area contributed by atoms with Crippen LogP contribution in [0, 0.1) is 0 Å². The molecular weight excluding hydrogens is 326 g/mol. The number of anilines is 1. The summed E-state index contributed by atoms with van der Waals surface area (Å²) in [6, 6.07) is 1.61. The van der Waals surface area contributed by atoms with E-state index in [-0.39, 0.29) is 11.6 Å². The number of aromatic carboxylic acids is 1. The molecule has 0 amide bonds. The van der Waals surface area contributed by atoms with Gasteiger partial charge in [-0.3, -0.25) is 0 Å². The minimum atomic E-state index is -1.02. The van der Waals surface area contributed by atoms with Gasteiger partial charge >= 0.3 is 5.97 Å². The zero-order chi connectivity index (χ0) is 14.9. The molecule has 1 aromatic rings. The van der Waals surface area contributed by atoms with Gasteiger partial charge < -0.3 is 20.0 Å². The van der Waals surface area contributed by atoms with Gasteiger partial charge in [0.05, 0.1) is 6.10 Å². The number of rotatable bonds is 4. The number of carboxylic acid groups (broad SMARTS) is 1. The van der Waals surface area contributed by atoms with Gasteiger partial charge in [0.1, 0.15) is 11.4 Å². The summed E-state index contributed by atoms with van der Waals surface area (Å²) in [6.45, 7) is 1.15. The first-order chi connectivity index (χ1) is 9.38. The number of aliphatic hydroxyl groups is 1. The van der Waals surface area contributed by atoms with Crippen LogP contribution < -0.4 is 4.90 Å². The van der Waals surface area contributed by atoms with Gasteiger partial charge in [0, 0.05) is 29.8 Å². The largest absolute Gasteiger partial charge is 0.478 e. The molecule has 0 aliphatic carbocycles. The molecule has 2 unspecified atom stereocenters. The summed E-state index contributed by atoms with van der Waals surface area (Å²) in [5.74, 6) is -0.595. The maximum Gasteiger partial charge on any atom is 0.339 e. The monoisotopic (exact) mass is 343 g/mol. The number of hydrogen-bond donors (Lipinski definition) is 2. The summed E-state index contributed by atoms with van der Waals surface area (Å²) < 4.78 is 0.627. The van der Waals surface area contributed by atoms with E-state index in [1.807, 2.05) is 23.9 Å². The van der Waals surface area contributed by atoms with Crippen molar-refractivity contribution in [2.75, 3.05) is 32.1 Å². The predicted molar refractivity (Wildman–Crippen MR) is 79.2 cm³/mol. The van der Waals surface area contributed by atoms with Gasteiger partial charge in [-0.15, -0.1) is 0 Å². The third-order valence-corrected chi connectivity index (χ3v) is 3.74. The number of pyridine rings is 1. The first kappa shape index (κ1) is 15.2. The lowest BCUT2D eigenvalue weighted by molar-refractivity contribution is 0.0697. The Hall–Kier alpha value is -1.18. The average Bonchev–Trinajstić information content (AvgIpc) is 2.69. The zero-order valence-electron chi connectivity index (χ0n) is 11.5. The van der Waals surface area contributed by atoms with Crippen molar-refractivity contribution in [2.24, 2.45) is 0 Å². The zero-order valence-corrected chi connectivity index (χ0v) is 13.0. The molecule has 1 aliphatic rings. The summed E-state index contributed by atoms with van der Waals surface area (Å²) in [7, 11) is 3.91. The molecule has 0 saturated carbocycles. The summed E-state index contributed by atoms with van der Waals surface area (Å²) >= 11 is 3.24. The fourth-order valence-corrected chi connectivity index (χ4v) is 2.90. The fourth-order valence-electron chi connectivity index (χ4n) is 2.56. The maximum atomic E-state index is 11.4. The van der Waals surface area contributed by atoms with Crippen LogP contribution in [0.15, 0.2) is 16.7 Å². The van der Waals surface area contributed by atoms with E-state index in [9.17, 15) is 15.0 Å². The van der Waals surface area contributed by atoms with Crippen LogP contribution in [-0.2, 0) is 0 Å². The lowest BCUT2D eigenvalue weighted by Crippen LogP contribution is -2.38. The first-order valence-corrected chi connectivity index (χ1v) is 7.16. The number of carbonyl (C=O) groups is 1. The smallest absolute Gasteiger partial charge is 0.339 e. The van der Waals surface area contributed by atoms with Crippen LogP contribution in [-0.4, -0.2) is 65.4 Å². The molecule has 2 rings (SSSR count). The first-order valence-electron chi connectivity index (χ1n) is 6.36. The quantitative estimate of drug-likeness (QED) is 0.850. The number of likely N-dealkylation sites (N-methyl/N-ethyl adjacent to an activating group) is 1. The summed E-state index contributed by atoms with van der Waals surface area (Å²) in [5, 5.41) is 19.2. The van der Waals surface area contributed by atoms with Gasteiger partial charge in [-0.05, 0) is 42.5 Å². The molecular formula is C13H18BrN3O3. The van der Waals surface area contributed by atoms with Gasteiger partial charge in [-0.1, -0.05) is 0 Å². The van der Waals surface area contributed by atoms with Crippen LogP contribution in [0.4, 0.5) is 5.82 Å². The molecule has 0 spiro atoms. The van der Waals surface area contributed by atoms with Crippen molar-refractivity contribution in [3.8, 4) is 0 Å². The van der Waals surface area contributed by atoms with Crippen LogP contribution in [0.2, 0.25) is 0 Å². The molecule has 1 saturated heterocycles. The number of nitrogens with zero attached hydrogens (tertiary/aromatic N) is 3. The third-order valence-electron chi connectivity index (χ3n) is 3.30. The average molecular weight is 344 g/mol. The van der Waals surface area contributed by atoms with Crippen molar-refractivity contribution in [1.82, 2.24) is 9.88 Å².